The maximum Gasteiger partial charge on any atom is 0.248 e. The number of rotatable bonds is 7. The molecule has 3 aromatic rings. The van der Waals surface area contributed by atoms with Crippen molar-refractivity contribution in [2.24, 2.45) is 0 Å². The van der Waals surface area contributed by atoms with Gasteiger partial charge in [-0.15, -0.1) is 11.3 Å². The van der Waals surface area contributed by atoms with E-state index in [4.69, 9.17) is 0 Å². The summed E-state index contributed by atoms with van der Waals surface area (Å²) >= 11 is 1.49. The van der Waals surface area contributed by atoms with E-state index in [1.165, 1.54) is 28.4 Å². The smallest absolute Gasteiger partial charge is 0.248 e. The van der Waals surface area contributed by atoms with Gasteiger partial charge in [-0.2, -0.15) is 0 Å². The Morgan fingerprint density at radius 3 is 2.45 bits per heavy atom. The molecule has 0 spiro atoms. The lowest BCUT2D eigenvalue weighted by Crippen LogP contribution is -2.46. The van der Waals surface area contributed by atoms with Crippen LogP contribution in [-0.4, -0.2) is 22.8 Å². The summed E-state index contributed by atoms with van der Waals surface area (Å²) in [5, 5.41) is 5.04. The number of nitrogens with one attached hydrogen (secondary N) is 1. The Kier molecular flexibility index (Phi) is 6.72. The molecule has 0 radical (unpaired) electrons. The fourth-order valence-corrected chi connectivity index (χ4v) is 4.70. The van der Waals surface area contributed by atoms with Crippen molar-refractivity contribution in [3.05, 3.63) is 82.6 Å². The normalized spacial score (nSPS) is 14.9. The van der Waals surface area contributed by atoms with Crippen LogP contribution in [0.4, 0.5) is 10.1 Å². The van der Waals surface area contributed by atoms with Crippen molar-refractivity contribution in [1.29, 1.82) is 0 Å². The lowest BCUT2D eigenvalue weighted by molar-refractivity contribution is -0.127. The van der Waals surface area contributed by atoms with Crippen LogP contribution in [0.25, 0.3) is 0 Å². The van der Waals surface area contributed by atoms with Crippen molar-refractivity contribution in [1.82, 2.24) is 10.3 Å². The van der Waals surface area contributed by atoms with Crippen molar-refractivity contribution >= 4 is 28.8 Å². The quantitative estimate of drug-likeness (QED) is 0.585. The SMILES string of the molecule is O=C(NC1CCCC1)[C@@H](c1ccncc1)N(C(=O)Cc1cccs1)c1ccc(F)cc1. The Bertz CT molecular complexity index is 1000. The van der Waals surface area contributed by atoms with E-state index in [1.54, 1.807) is 36.7 Å². The number of amides is 2. The van der Waals surface area contributed by atoms with Crippen LogP contribution in [0.2, 0.25) is 0 Å². The van der Waals surface area contributed by atoms with Crippen LogP contribution >= 0.6 is 11.3 Å². The Balaban J connectivity index is 1.73. The molecular weight excluding hydrogens is 413 g/mol. The second-order valence-corrected chi connectivity index (χ2v) is 8.70. The van der Waals surface area contributed by atoms with E-state index in [2.05, 4.69) is 10.3 Å². The molecule has 1 aliphatic rings. The van der Waals surface area contributed by atoms with Crippen molar-refractivity contribution in [3.63, 3.8) is 0 Å². The van der Waals surface area contributed by atoms with E-state index in [-0.39, 0.29) is 24.3 Å². The lowest BCUT2D eigenvalue weighted by atomic mass is 10.0. The second kappa shape index (κ2) is 9.83. The molecule has 31 heavy (non-hydrogen) atoms. The van der Waals surface area contributed by atoms with Gasteiger partial charge >= 0.3 is 0 Å². The van der Waals surface area contributed by atoms with Crippen LogP contribution in [-0.2, 0) is 16.0 Å². The summed E-state index contributed by atoms with van der Waals surface area (Å²) in [6, 6.07) is 12.2. The average Bonchev–Trinajstić information content (AvgIpc) is 3.47. The first-order chi connectivity index (χ1) is 15.1. The van der Waals surface area contributed by atoms with E-state index < -0.39 is 11.9 Å². The average molecular weight is 438 g/mol. The van der Waals surface area contributed by atoms with Gasteiger partial charge in [0.15, 0.2) is 0 Å². The van der Waals surface area contributed by atoms with Crippen LogP contribution in [0, 0.1) is 5.82 Å². The molecule has 1 N–H and O–H groups in total. The van der Waals surface area contributed by atoms with Crippen molar-refractivity contribution in [2.45, 2.75) is 44.2 Å². The first-order valence-electron chi connectivity index (χ1n) is 10.4. The molecule has 4 rings (SSSR count). The van der Waals surface area contributed by atoms with Gasteiger partial charge in [0, 0.05) is 29.0 Å². The third-order valence-electron chi connectivity index (χ3n) is 5.51. The number of thiophene rings is 1. The number of hydrogen-bond acceptors (Lipinski definition) is 4. The number of pyridine rings is 1. The van der Waals surface area contributed by atoms with Gasteiger partial charge in [0.1, 0.15) is 11.9 Å². The van der Waals surface area contributed by atoms with E-state index in [0.29, 0.717) is 11.3 Å². The van der Waals surface area contributed by atoms with Crippen LogP contribution < -0.4 is 10.2 Å². The molecule has 1 fully saturated rings. The molecule has 1 aromatic carbocycles. The van der Waals surface area contributed by atoms with Crippen LogP contribution in [0.15, 0.2) is 66.3 Å². The Hall–Kier alpha value is -3.06. The summed E-state index contributed by atoms with van der Waals surface area (Å²) in [6.45, 7) is 0. The predicted octanol–water partition coefficient (Wildman–Crippen LogP) is 4.66. The van der Waals surface area contributed by atoms with Gasteiger partial charge in [-0.05, 0) is 66.2 Å². The van der Waals surface area contributed by atoms with Crippen LogP contribution in [0.5, 0.6) is 0 Å². The zero-order valence-electron chi connectivity index (χ0n) is 17.0. The molecule has 0 aliphatic heterocycles. The fourth-order valence-electron chi connectivity index (χ4n) is 4.00. The number of carbonyl (C=O) groups is 2. The molecule has 2 amide bonds. The highest BCUT2D eigenvalue weighted by molar-refractivity contribution is 7.10. The highest BCUT2D eigenvalue weighted by Crippen LogP contribution is 2.30. The molecule has 1 saturated carbocycles. The van der Waals surface area contributed by atoms with E-state index >= 15 is 0 Å². The molecule has 1 atom stereocenters. The summed E-state index contributed by atoms with van der Waals surface area (Å²) in [7, 11) is 0. The number of nitrogens with zero attached hydrogens (tertiary/aromatic N) is 2. The van der Waals surface area contributed by atoms with E-state index in [9.17, 15) is 14.0 Å². The highest BCUT2D eigenvalue weighted by Gasteiger charge is 2.34. The maximum absolute atomic E-state index is 13.6. The zero-order chi connectivity index (χ0) is 21.6. The van der Waals surface area contributed by atoms with Gasteiger partial charge in [-0.25, -0.2) is 4.39 Å². The maximum atomic E-state index is 13.6. The molecule has 2 heterocycles. The van der Waals surface area contributed by atoms with Crippen molar-refractivity contribution in [3.8, 4) is 0 Å². The first-order valence-corrected chi connectivity index (χ1v) is 11.3. The van der Waals surface area contributed by atoms with Crippen LogP contribution in [0.3, 0.4) is 0 Å². The third kappa shape index (κ3) is 5.17. The highest BCUT2D eigenvalue weighted by atomic mass is 32.1. The molecular formula is C24H24FN3O2S. The van der Waals surface area contributed by atoms with Crippen molar-refractivity contribution < 1.29 is 14.0 Å². The molecule has 160 valence electrons. The zero-order valence-corrected chi connectivity index (χ0v) is 17.9. The molecule has 1 aliphatic carbocycles. The number of hydrogen-bond donors (Lipinski definition) is 1. The minimum absolute atomic E-state index is 0.110. The largest absolute Gasteiger partial charge is 0.351 e. The predicted molar refractivity (Wildman–Crippen MR) is 119 cm³/mol. The summed E-state index contributed by atoms with van der Waals surface area (Å²) in [4.78, 5) is 33.4. The van der Waals surface area contributed by atoms with Crippen molar-refractivity contribution in [2.75, 3.05) is 4.90 Å². The summed E-state index contributed by atoms with van der Waals surface area (Å²) in [5.74, 6) is -0.857. The van der Waals surface area contributed by atoms with E-state index in [1.807, 2.05) is 17.5 Å². The molecule has 5 nitrogen and oxygen atoms in total. The van der Waals surface area contributed by atoms with Gasteiger partial charge < -0.3 is 5.32 Å². The molecule has 0 bridgehead atoms. The minimum Gasteiger partial charge on any atom is -0.351 e. The van der Waals surface area contributed by atoms with Gasteiger partial charge in [-0.3, -0.25) is 19.5 Å². The summed E-state index contributed by atoms with van der Waals surface area (Å²) in [6.07, 6.45) is 7.43. The number of carbonyl (C=O) groups excluding carboxylic acids is 2. The van der Waals surface area contributed by atoms with E-state index in [0.717, 1.165) is 30.6 Å². The fraction of sp³-hybridized carbons (Fsp3) is 0.292. The van der Waals surface area contributed by atoms with Gasteiger partial charge in [0.05, 0.1) is 6.42 Å². The number of halogens is 1. The Morgan fingerprint density at radius 2 is 1.81 bits per heavy atom. The summed E-state index contributed by atoms with van der Waals surface area (Å²) < 4.78 is 13.6. The number of aromatic nitrogens is 1. The first kappa shape index (κ1) is 21.2. The van der Waals surface area contributed by atoms with Gasteiger partial charge in [0.2, 0.25) is 11.8 Å². The molecule has 0 unspecified atom stereocenters. The lowest BCUT2D eigenvalue weighted by Gasteiger charge is -2.32. The molecule has 7 heteroatoms. The summed E-state index contributed by atoms with van der Waals surface area (Å²) in [5.41, 5.74) is 1.14. The monoisotopic (exact) mass is 437 g/mol. The number of anilines is 1. The second-order valence-electron chi connectivity index (χ2n) is 7.67. The number of benzene rings is 1. The van der Waals surface area contributed by atoms with Gasteiger partial charge in [0.25, 0.3) is 0 Å². The third-order valence-corrected chi connectivity index (χ3v) is 6.39. The minimum atomic E-state index is -0.874. The molecule has 2 aromatic heterocycles. The standard InChI is InChI=1S/C24H24FN3O2S/c25-18-7-9-20(10-8-18)28(22(29)16-21-6-3-15-31-21)23(17-11-13-26-14-12-17)24(30)27-19-4-1-2-5-19/h3,6-15,19,23H,1-2,4-5,16H2,(H,27,30)/t23-/m1/s1. The Morgan fingerprint density at radius 1 is 1.10 bits per heavy atom. The topological polar surface area (TPSA) is 62.3 Å². The molecule has 0 saturated heterocycles. The van der Waals surface area contributed by atoms with Gasteiger partial charge in [-0.1, -0.05) is 18.9 Å². The van der Waals surface area contributed by atoms with Crippen LogP contribution in [0.1, 0.15) is 42.2 Å². The Labute approximate surface area is 184 Å².